The number of nitrogens with zero attached hydrogens (tertiary/aromatic N) is 4. The first kappa shape index (κ1) is 22.1. The number of hydrazine groups is 3. The first-order valence-corrected chi connectivity index (χ1v) is 10.8. The van der Waals surface area contributed by atoms with E-state index >= 15 is 0 Å². The number of halogens is 1. The Hall–Kier alpha value is -3.13. The number of carbonyl (C=O) groups excluding carboxylic acids is 1. The number of hydrogen-bond donors (Lipinski definition) is 5. The number of guanidine groups is 1. The summed E-state index contributed by atoms with van der Waals surface area (Å²) in [6, 6.07) is 7.51. The highest BCUT2D eigenvalue weighted by Crippen LogP contribution is 2.37. The van der Waals surface area contributed by atoms with Crippen LogP contribution in [0.15, 0.2) is 41.5 Å². The minimum absolute atomic E-state index is 0.0413. The monoisotopic (exact) mass is 467 g/mol. The third-order valence-corrected chi connectivity index (χ3v) is 5.05. The average Bonchev–Trinajstić information content (AvgIpc) is 3.32. The molecule has 0 radical (unpaired) electrons. The van der Waals surface area contributed by atoms with Crippen molar-refractivity contribution >= 4 is 31.4 Å². The SMILES string of the molecule is CN1NNNC1=Nc1ccc(-c2ccc(N3C[C@H](COP(=O)(O)O)OC3=O)cc2F)cn1. The second-order valence-corrected chi connectivity index (χ2v) is 8.07. The van der Waals surface area contributed by atoms with Crippen LogP contribution in [0.4, 0.5) is 20.7 Å². The van der Waals surface area contributed by atoms with Gasteiger partial charge in [-0.15, -0.1) is 5.53 Å². The van der Waals surface area contributed by atoms with E-state index in [0.29, 0.717) is 17.3 Å². The van der Waals surface area contributed by atoms with Crippen molar-refractivity contribution in [1.29, 1.82) is 0 Å². The van der Waals surface area contributed by atoms with Crippen LogP contribution in [0.25, 0.3) is 11.1 Å². The highest BCUT2D eigenvalue weighted by atomic mass is 31.2. The van der Waals surface area contributed by atoms with E-state index in [1.165, 1.54) is 24.4 Å². The van der Waals surface area contributed by atoms with Crippen LogP contribution in [0.1, 0.15) is 0 Å². The number of phosphoric acid groups is 1. The van der Waals surface area contributed by atoms with E-state index in [-0.39, 0.29) is 17.8 Å². The summed E-state index contributed by atoms with van der Waals surface area (Å²) in [5, 5.41) is 1.61. The average molecular weight is 467 g/mol. The summed E-state index contributed by atoms with van der Waals surface area (Å²) in [5.41, 5.74) is 9.25. The summed E-state index contributed by atoms with van der Waals surface area (Å²) in [7, 11) is -2.94. The van der Waals surface area contributed by atoms with Gasteiger partial charge in [0.1, 0.15) is 11.9 Å². The number of phosphoric ester groups is 1. The fraction of sp³-hybridized carbons (Fsp3) is 0.235. The highest BCUT2D eigenvalue weighted by Gasteiger charge is 2.34. The van der Waals surface area contributed by atoms with E-state index in [1.807, 2.05) is 0 Å². The Balaban J connectivity index is 1.46. The predicted molar refractivity (Wildman–Crippen MR) is 110 cm³/mol. The van der Waals surface area contributed by atoms with E-state index < -0.39 is 32.4 Å². The van der Waals surface area contributed by atoms with Crippen molar-refractivity contribution in [3.8, 4) is 11.1 Å². The largest absolute Gasteiger partial charge is 0.469 e. The second kappa shape index (κ2) is 8.78. The van der Waals surface area contributed by atoms with Gasteiger partial charge in [0.05, 0.1) is 18.8 Å². The fourth-order valence-electron chi connectivity index (χ4n) is 3.03. The number of pyridine rings is 1. The number of carbonyl (C=O) groups is 1. The van der Waals surface area contributed by atoms with Crippen LogP contribution in [0.5, 0.6) is 0 Å². The van der Waals surface area contributed by atoms with Gasteiger partial charge in [0.15, 0.2) is 5.82 Å². The number of aliphatic imine (C=N–C) groups is 1. The van der Waals surface area contributed by atoms with Crippen LogP contribution in [0, 0.1) is 5.82 Å². The lowest BCUT2D eigenvalue weighted by atomic mass is 10.1. The summed E-state index contributed by atoms with van der Waals surface area (Å²) in [6.07, 6.45) is -0.182. The smallest absolute Gasteiger partial charge is 0.441 e. The van der Waals surface area contributed by atoms with Gasteiger partial charge in [-0.1, -0.05) is 0 Å². The van der Waals surface area contributed by atoms with E-state index in [0.717, 1.165) is 4.90 Å². The third-order valence-electron chi connectivity index (χ3n) is 4.56. The van der Waals surface area contributed by atoms with Crippen LogP contribution in [0.3, 0.4) is 0 Å². The molecule has 0 spiro atoms. The van der Waals surface area contributed by atoms with E-state index in [2.05, 4.69) is 31.0 Å². The first-order chi connectivity index (χ1) is 15.2. The number of nitrogens with one attached hydrogen (secondary N) is 3. The van der Waals surface area contributed by atoms with Crippen LogP contribution < -0.4 is 21.4 Å². The Labute approximate surface area is 181 Å². The van der Waals surface area contributed by atoms with Gasteiger partial charge in [-0.3, -0.25) is 19.9 Å². The normalized spacial score (nSPS) is 20.1. The van der Waals surface area contributed by atoms with Gasteiger partial charge in [-0.05, 0) is 30.3 Å². The molecule has 32 heavy (non-hydrogen) atoms. The quantitative estimate of drug-likeness (QED) is 0.382. The Morgan fingerprint density at radius 1 is 1.38 bits per heavy atom. The Bertz CT molecular complexity index is 1100. The van der Waals surface area contributed by atoms with Gasteiger partial charge >= 0.3 is 13.9 Å². The van der Waals surface area contributed by atoms with Gasteiger partial charge in [-0.25, -0.2) is 18.7 Å². The van der Waals surface area contributed by atoms with Gasteiger partial charge < -0.3 is 14.5 Å². The van der Waals surface area contributed by atoms with Crippen LogP contribution in [0.2, 0.25) is 0 Å². The zero-order chi connectivity index (χ0) is 22.9. The molecule has 1 amide bonds. The van der Waals surface area contributed by atoms with Crippen molar-refractivity contribution < 1.29 is 32.8 Å². The van der Waals surface area contributed by atoms with Crippen molar-refractivity contribution in [3.63, 3.8) is 0 Å². The summed E-state index contributed by atoms with van der Waals surface area (Å²) in [4.78, 5) is 39.3. The number of hydrogen-bond acceptors (Lipinski definition) is 8. The van der Waals surface area contributed by atoms with E-state index in [9.17, 15) is 13.8 Å². The maximum absolute atomic E-state index is 14.8. The topological polar surface area (TPSA) is 161 Å². The van der Waals surface area contributed by atoms with Gasteiger partial charge in [-0.2, -0.15) is 10.5 Å². The Morgan fingerprint density at radius 3 is 2.81 bits per heavy atom. The highest BCUT2D eigenvalue weighted by molar-refractivity contribution is 7.46. The van der Waals surface area contributed by atoms with Gasteiger partial charge in [0.2, 0.25) is 5.96 Å². The molecule has 170 valence electrons. The molecule has 4 rings (SSSR count). The minimum Gasteiger partial charge on any atom is -0.441 e. The molecule has 3 heterocycles. The van der Waals surface area contributed by atoms with Crippen molar-refractivity contribution in [2.24, 2.45) is 4.99 Å². The summed E-state index contributed by atoms with van der Waals surface area (Å²) >= 11 is 0. The predicted octanol–water partition coefficient (Wildman–Crippen LogP) is 0.769. The summed E-state index contributed by atoms with van der Waals surface area (Å²) in [5.74, 6) is 0.327. The molecule has 0 unspecified atom stereocenters. The second-order valence-electron chi connectivity index (χ2n) is 6.83. The lowest BCUT2D eigenvalue weighted by molar-refractivity contribution is 0.0880. The van der Waals surface area contributed by atoms with Crippen LogP contribution in [-0.2, 0) is 13.8 Å². The number of benzene rings is 1. The molecule has 0 saturated carbocycles. The summed E-state index contributed by atoms with van der Waals surface area (Å²) < 4.78 is 35.0. The van der Waals surface area contributed by atoms with E-state index in [4.69, 9.17) is 14.5 Å². The molecule has 15 heteroatoms. The third kappa shape index (κ3) is 5.02. The Morgan fingerprint density at radius 2 is 2.19 bits per heavy atom. The van der Waals surface area contributed by atoms with Gasteiger partial charge in [0, 0.05) is 24.4 Å². The molecule has 1 aromatic carbocycles. The van der Waals surface area contributed by atoms with Crippen LogP contribution in [-0.4, -0.2) is 58.1 Å². The number of ether oxygens (including phenoxy) is 1. The standard InChI is InChI=1S/C17H19FN7O6P/c1-24-16(21-22-23-24)20-15-5-2-10(7-19-15)13-4-3-11(6-14(13)18)25-8-12(31-17(25)26)9-30-32(27,28)29/h2-7,12,22-23H,8-9H2,1H3,(H,19,20,21)(H2,27,28,29)/t12-/m1/s1. The number of aromatic nitrogens is 1. The Kier molecular flexibility index (Phi) is 6.06. The van der Waals surface area contributed by atoms with Crippen molar-refractivity contribution in [3.05, 3.63) is 42.3 Å². The van der Waals surface area contributed by atoms with Crippen molar-refractivity contribution in [1.82, 2.24) is 26.5 Å². The molecule has 0 bridgehead atoms. The number of anilines is 1. The van der Waals surface area contributed by atoms with Crippen LogP contribution >= 0.6 is 7.82 Å². The minimum atomic E-state index is -4.69. The first-order valence-electron chi connectivity index (χ1n) is 9.23. The maximum Gasteiger partial charge on any atom is 0.469 e. The van der Waals surface area contributed by atoms with Crippen molar-refractivity contribution in [2.45, 2.75) is 6.10 Å². The maximum atomic E-state index is 14.8. The zero-order valence-corrected chi connectivity index (χ0v) is 17.5. The number of rotatable bonds is 6. The summed E-state index contributed by atoms with van der Waals surface area (Å²) in [6.45, 7) is -0.521. The molecular formula is C17H19FN7O6P. The molecule has 2 aromatic rings. The molecule has 13 nitrogen and oxygen atoms in total. The van der Waals surface area contributed by atoms with Crippen molar-refractivity contribution in [2.75, 3.05) is 25.1 Å². The fourth-order valence-corrected chi connectivity index (χ4v) is 3.39. The molecular weight excluding hydrogens is 448 g/mol. The molecule has 2 aliphatic rings. The molecule has 2 fully saturated rings. The molecule has 0 aliphatic carbocycles. The number of amides is 1. The lowest BCUT2D eigenvalue weighted by Gasteiger charge is -2.14. The molecule has 1 atom stereocenters. The number of cyclic esters (lactones) is 1. The molecule has 2 saturated heterocycles. The molecule has 1 aromatic heterocycles. The lowest BCUT2D eigenvalue weighted by Crippen LogP contribution is -2.34. The molecule has 2 aliphatic heterocycles. The van der Waals surface area contributed by atoms with E-state index in [1.54, 1.807) is 24.2 Å². The zero-order valence-electron chi connectivity index (χ0n) is 16.6. The molecule has 5 N–H and O–H groups in total. The van der Waals surface area contributed by atoms with Gasteiger partial charge in [0.25, 0.3) is 0 Å².